The zero-order valence-electron chi connectivity index (χ0n) is 14.1. The lowest BCUT2D eigenvalue weighted by atomic mass is 10.0. The molecule has 0 spiro atoms. The van der Waals surface area contributed by atoms with E-state index >= 15 is 0 Å². The van der Waals surface area contributed by atoms with Crippen LogP contribution in [0.4, 0.5) is 0 Å². The third-order valence-corrected chi connectivity index (χ3v) is 5.04. The van der Waals surface area contributed by atoms with Crippen molar-refractivity contribution in [1.29, 1.82) is 0 Å². The van der Waals surface area contributed by atoms with E-state index in [1.807, 2.05) is 42.1 Å². The van der Waals surface area contributed by atoms with Crippen molar-refractivity contribution in [1.82, 2.24) is 19.4 Å². The van der Waals surface area contributed by atoms with Gasteiger partial charge in [-0.3, -0.25) is 9.59 Å². The first-order valence-corrected chi connectivity index (χ1v) is 8.41. The minimum Gasteiger partial charge on any atom is -0.340 e. The largest absolute Gasteiger partial charge is 0.340 e. The Morgan fingerprint density at radius 2 is 2.12 bits per heavy atom. The molecule has 0 radical (unpaired) electrons. The summed E-state index contributed by atoms with van der Waals surface area (Å²) in [6.45, 7) is 1.63. The molecule has 1 fully saturated rings. The fourth-order valence-corrected chi connectivity index (χ4v) is 3.68. The van der Waals surface area contributed by atoms with Crippen LogP contribution in [0.25, 0.3) is 0 Å². The Labute approximate surface area is 146 Å². The minimum atomic E-state index is -0.134. The first-order chi connectivity index (χ1) is 12.0. The quantitative estimate of drug-likeness (QED) is 0.873. The highest BCUT2D eigenvalue weighted by Gasteiger charge is 2.37. The predicted molar refractivity (Wildman–Crippen MR) is 91.7 cm³/mol. The molecule has 1 saturated heterocycles. The molecule has 2 N–H and O–H groups in total. The number of nitrogens with two attached hydrogens (primary N) is 1. The molecule has 2 amide bonds. The second-order valence-electron chi connectivity index (χ2n) is 6.85. The van der Waals surface area contributed by atoms with Crippen LogP contribution in [0.5, 0.6) is 0 Å². The molecular weight excluding hydrogens is 318 g/mol. The van der Waals surface area contributed by atoms with E-state index in [4.69, 9.17) is 5.73 Å². The molecule has 2 aliphatic rings. The van der Waals surface area contributed by atoms with Crippen LogP contribution in [0, 0.1) is 0 Å². The molecule has 2 atom stereocenters. The number of nitrogens with zero attached hydrogens (tertiary/aromatic N) is 4. The lowest BCUT2D eigenvalue weighted by Crippen LogP contribution is -2.40. The smallest absolute Gasteiger partial charge is 0.254 e. The topological polar surface area (TPSA) is 84.5 Å². The van der Waals surface area contributed by atoms with E-state index in [-0.39, 0.29) is 30.3 Å². The monoisotopic (exact) mass is 339 g/mol. The Bertz CT molecular complexity index is 830. The SMILES string of the molecule is Cn1cnc([C@@H]2CN(C(=O)CN3Cc4ccccc4C3=O)C[C@H]2N)c1. The zero-order valence-corrected chi connectivity index (χ0v) is 14.1. The maximum Gasteiger partial charge on any atom is 0.254 e. The molecule has 25 heavy (non-hydrogen) atoms. The fraction of sp³-hybridized carbons (Fsp3) is 0.389. The first-order valence-electron chi connectivity index (χ1n) is 8.41. The van der Waals surface area contributed by atoms with Gasteiger partial charge in [0.2, 0.25) is 5.91 Å². The maximum absolute atomic E-state index is 12.7. The molecule has 1 aromatic carbocycles. The van der Waals surface area contributed by atoms with Gasteiger partial charge in [0.05, 0.1) is 12.0 Å². The van der Waals surface area contributed by atoms with Crippen molar-refractivity contribution >= 4 is 11.8 Å². The summed E-state index contributed by atoms with van der Waals surface area (Å²) in [7, 11) is 1.91. The van der Waals surface area contributed by atoms with E-state index < -0.39 is 0 Å². The maximum atomic E-state index is 12.7. The molecule has 1 aromatic heterocycles. The van der Waals surface area contributed by atoms with Gasteiger partial charge in [-0.05, 0) is 11.6 Å². The predicted octanol–water partition coefficient (Wildman–Crippen LogP) is 0.329. The molecule has 0 saturated carbocycles. The Hall–Kier alpha value is -2.67. The average molecular weight is 339 g/mol. The average Bonchev–Trinajstić information content (AvgIpc) is 3.27. The molecule has 0 bridgehead atoms. The minimum absolute atomic E-state index is 0.0385. The molecule has 130 valence electrons. The number of likely N-dealkylation sites (tertiary alicyclic amines) is 1. The summed E-state index contributed by atoms with van der Waals surface area (Å²) in [6, 6.07) is 7.37. The van der Waals surface area contributed by atoms with E-state index in [2.05, 4.69) is 4.98 Å². The normalized spacial score (nSPS) is 22.6. The number of imidazole rings is 1. The van der Waals surface area contributed by atoms with Gasteiger partial charge >= 0.3 is 0 Å². The number of hydrogen-bond acceptors (Lipinski definition) is 4. The number of carbonyl (C=O) groups excluding carboxylic acids is 2. The van der Waals surface area contributed by atoms with Crippen LogP contribution >= 0.6 is 0 Å². The van der Waals surface area contributed by atoms with Crippen molar-refractivity contribution in [2.75, 3.05) is 19.6 Å². The number of benzene rings is 1. The van der Waals surface area contributed by atoms with Crippen molar-refractivity contribution < 1.29 is 9.59 Å². The van der Waals surface area contributed by atoms with E-state index in [1.54, 1.807) is 16.1 Å². The number of aromatic nitrogens is 2. The Kier molecular flexibility index (Phi) is 3.80. The molecule has 2 aliphatic heterocycles. The van der Waals surface area contributed by atoms with Crippen LogP contribution in [-0.2, 0) is 18.4 Å². The summed E-state index contributed by atoms with van der Waals surface area (Å²) in [5.41, 5.74) is 8.81. The molecule has 7 nitrogen and oxygen atoms in total. The first kappa shape index (κ1) is 15.8. The van der Waals surface area contributed by atoms with Gasteiger partial charge in [0, 0.05) is 50.4 Å². The third kappa shape index (κ3) is 2.80. The Morgan fingerprint density at radius 1 is 1.32 bits per heavy atom. The molecule has 3 heterocycles. The van der Waals surface area contributed by atoms with Crippen molar-refractivity contribution in [3.05, 3.63) is 53.6 Å². The van der Waals surface area contributed by atoms with E-state index in [9.17, 15) is 9.59 Å². The van der Waals surface area contributed by atoms with Crippen molar-refractivity contribution in [2.45, 2.75) is 18.5 Å². The van der Waals surface area contributed by atoms with E-state index in [0.29, 0.717) is 25.2 Å². The Morgan fingerprint density at radius 3 is 2.84 bits per heavy atom. The Balaban J connectivity index is 1.42. The number of aryl methyl sites for hydroxylation is 1. The third-order valence-electron chi connectivity index (χ3n) is 5.04. The lowest BCUT2D eigenvalue weighted by molar-refractivity contribution is -0.131. The van der Waals surface area contributed by atoms with Crippen molar-refractivity contribution in [2.24, 2.45) is 12.8 Å². The van der Waals surface area contributed by atoms with Gasteiger partial charge in [-0.2, -0.15) is 0 Å². The molecule has 4 rings (SSSR count). The van der Waals surface area contributed by atoms with Crippen LogP contribution in [0.1, 0.15) is 27.5 Å². The zero-order chi connectivity index (χ0) is 17.6. The summed E-state index contributed by atoms with van der Waals surface area (Å²) in [6.07, 6.45) is 3.69. The molecule has 7 heteroatoms. The van der Waals surface area contributed by atoms with Crippen molar-refractivity contribution in [3.63, 3.8) is 0 Å². The summed E-state index contributed by atoms with van der Waals surface area (Å²) >= 11 is 0. The number of carbonyl (C=O) groups is 2. The summed E-state index contributed by atoms with van der Waals surface area (Å²) in [4.78, 5) is 32.8. The summed E-state index contributed by atoms with van der Waals surface area (Å²) in [5, 5.41) is 0. The van der Waals surface area contributed by atoms with Gasteiger partial charge in [-0.15, -0.1) is 0 Å². The van der Waals surface area contributed by atoms with Crippen LogP contribution in [0.2, 0.25) is 0 Å². The van der Waals surface area contributed by atoms with Crippen LogP contribution in [0.15, 0.2) is 36.8 Å². The fourth-order valence-electron chi connectivity index (χ4n) is 3.68. The standard InChI is InChI=1S/C18H21N5O2/c1-21-9-16(20-11-21)14-7-22(8-15(14)19)17(24)10-23-6-12-4-2-3-5-13(12)18(23)25/h2-5,9,11,14-15H,6-8,10,19H2,1H3/t14-,15-/m1/s1. The molecular formula is C18H21N5O2. The highest BCUT2D eigenvalue weighted by molar-refractivity contribution is 6.00. The number of rotatable bonds is 3. The summed E-state index contributed by atoms with van der Waals surface area (Å²) in [5.74, 6) is -0.0969. The second kappa shape index (κ2) is 6.00. The number of fused-ring (bicyclic) bond motifs is 1. The second-order valence-corrected chi connectivity index (χ2v) is 6.85. The molecule has 0 aliphatic carbocycles. The molecule has 0 unspecified atom stereocenters. The van der Waals surface area contributed by atoms with Gasteiger partial charge in [0.15, 0.2) is 0 Å². The van der Waals surface area contributed by atoms with E-state index in [1.165, 1.54) is 0 Å². The molecule has 2 aromatic rings. The van der Waals surface area contributed by atoms with Crippen molar-refractivity contribution in [3.8, 4) is 0 Å². The van der Waals surface area contributed by atoms with Crippen LogP contribution in [0.3, 0.4) is 0 Å². The lowest BCUT2D eigenvalue weighted by Gasteiger charge is -2.21. The van der Waals surface area contributed by atoms with Gasteiger partial charge in [-0.25, -0.2) is 4.98 Å². The van der Waals surface area contributed by atoms with Crippen LogP contribution in [-0.4, -0.2) is 56.8 Å². The summed E-state index contributed by atoms with van der Waals surface area (Å²) < 4.78 is 1.88. The van der Waals surface area contributed by atoms with Gasteiger partial charge < -0.3 is 20.1 Å². The number of amides is 2. The van der Waals surface area contributed by atoms with Gasteiger partial charge in [-0.1, -0.05) is 18.2 Å². The highest BCUT2D eigenvalue weighted by Crippen LogP contribution is 2.26. The highest BCUT2D eigenvalue weighted by atomic mass is 16.2. The number of hydrogen-bond donors (Lipinski definition) is 1. The van der Waals surface area contributed by atoms with Gasteiger partial charge in [0.25, 0.3) is 5.91 Å². The van der Waals surface area contributed by atoms with Gasteiger partial charge in [0.1, 0.15) is 6.54 Å². The van der Waals surface area contributed by atoms with Crippen LogP contribution < -0.4 is 5.73 Å². The van der Waals surface area contributed by atoms with E-state index in [0.717, 1.165) is 11.3 Å².